The molecule has 26 heavy (non-hydrogen) atoms. The molecule has 8 heteroatoms. The van der Waals surface area contributed by atoms with Crippen LogP contribution in [0.1, 0.15) is 21.6 Å². The molecule has 3 rings (SSSR count). The van der Waals surface area contributed by atoms with Gasteiger partial charge in [0.25, 0.3) is 0 Å². The molecule has 0 saturated carbocycles. The zero-order valence-electron chi connectivity index (χ0n) is 13.6. The topological polar surface area (TPSA) is 110 Å². The number of hydrogen-bond acceptors (Lipinski definition) is 6. The van der Waals surface area contributed by atoms with E-state index in [9.17, 15) is 13.2 Å². The van der Waals surface area contributed by atoms with Crippen LogP contribution in [0, 0.1) is 0 Å². The zero-order chi connectivity index (χ0) is 18.7. The minimum absolute atomic E-state index is 0.189. The van der Waals surface area contributed by atoms with Gasteiger partial charge in [0, 0.05) is 17.5 Å². The molecule has 6 nitrogen and oxygen atoms in total. The van der Waals surface area contributed by atoms with E-state index < -0.39 is 15.8 Å². The first kappa shape index (κ1) is 18.2. The summed E-state index contributed by atoms with van der Waals surface area (Å²) in [6.45, 7) is 0.358. The van der Waals surface area contributed by atoms with Gasteiger partial charge in [-0.15, -0.1) is 11.3 Å². The third-order valence-corrected chi connectivity index (χ3v) is 6.39. The van der Waals surface area contributed by atoms with E-state index in [1.165, 1.54) is 23.5 Å². The second kappa shape index (κ2) is 7.36. The molecule has 3 aromatic rings. The maximum atomic E-state index is 12.5. The summed E-state index contributed by atoms with van der Waals surface area (Å²) in [4.78, 5) is 15.5. The number of rotatable bonds is 6. The summed E-state index contributed by atoms with van der Waals surface area (Å²) in [7, 11) is -3.50. The van der Waals surface area contributed by atoms with Gasteiger partial charge in [-0.2, -0.15) is 0 Å². The highest BCUT2D eigenvalue weighted by Gasteiger charge is 2.18. The van der Waals surface area contributed by atoms with Gasteiger partial charge in [0.2, 0.25) is 0 Å². The zero-order valence-corrected chi connectivity index (χ0v) is 15.3. The molecule has 0 bridgehead atoms. The lowest BCUT2D eigenvalue weighted by Gasteiger charge is -2.04. The normalized spacial score (nSPS) is 11.4. The van der Waals surface area contributed by atoms with Crippen molar-refractivity contribution in [2.24, 2.45) is 5.73 Å². The molecule has 0 aliphatic carbocycles. The molecule has 0 fully saturated rings. The molecule has 0 aliphatic heterocycles. The predicted octanol–water partition coefficient (Wildman–Crippen LogP) is 2.94. The second-order valence-electron chi connectivity index (χ2n) is 5.63. The van der Waals surface area contributed by atoms with Crippen molar-refractivity contribution in [2.75, 3.05) is 0 Å². The molecule has 1 heterocycles. The molecule has 1 aromatic heterocycles. The van der Waals surface area contributed by atoms with Crippen LogP contribution >= 0.6 is 11.3 Å². The molecule has 0 aliphatic rings. The summed E-state index contributed by atoms with van der Waals surface area (Å²) in [5.74, 6) is -1.19. The van der Waals surface area contributed by atoms with Crippen molar-refractivity contribution in [2.45, 2.75) is 17.2 Å². The predicted molar refractivity (Wildman–Crippen MR) is 99.7 cm³/mol. The Bertz CT molecular complexity index is 1020. The first-order valence-electron chi connectivity index (χ1n) is 7.69. The van der Waals surface area contributed by atoms with Crippen LogP contribution in [0.2, 0.25) is 0 Å². The average Bonchev–Trinajstić information content (AvgIpc) is 3.09. The smallest absolute Gasteiger partial charge is 0.335 e. The van der Waals surface area contributed by atoms with Crippen molar-refractivity contribution in [3.05, 3.63) is 70.7 Å². The number of carboxylic acids is 1. The molecule has 0 spiro atoms. The highest BCUT2D eigenvalue weighted by molar-refractivity contribution is 7.90. The second-order valence-corrected chi connectivity index (χ2v) is 8.48. The molecule has 0 saturated heterocycles. The number of aromatic nitrogens is 1. The van der Waals surface area contributed by atoms with Crippen molar-refractivity contribution in [1.82, 2.24) is 4.98 Å². The van der Waals surface area contributed by atoms with Crippen LogP contribution in [0.5, 0.6) is 0 Å². The van der Waals surface area contributed by atoms with Crippen LogP contribution in [0.15, 0.2) is 58.8 Å². The molecular formula is C18H16N2O4S2. The lowest BCUT2D eigenvalue weighted by Crippen LogP contribution is -2.06. The SMILES string of the molecule is NCc1ccc(S(=O)(=O)Cc2csc(-c3ccc(C(=O)O)cc3)n2)cc1. The van der Waals surface area contributed by atoms with Crippen LogP contribution in [-0.4, -0.2) is 24.5 Å². The summed E-state index contributed by atoms with van der Waals surface area (Å²) in [5, 5.41) is 11.3. The van der Waals surface area contributed by atoms with Crippen molar-refractivity contribution < 1.29 is 18.3 Å². The number of carboxylic acid groups (broad SMARTS) is 1. The molecule has 2 aromatic carbocycles. The summed E-state index contributed by atoms with van der Waals surface area (Å²) in [6, 6.07) is 12.8. The Hall–Kier alpha value is -2.55. The molecule has 0 radical (unpaired) electrons. The van der Waals surface area contributed by atoms with E-state index >= 15 is 0 Å². The van der Waals surface area contributed by atoms with Gasteiger partial charge in [0.1, 0.15) is 5.01 Å². The van der Waals surface area contributed by atoms with Crippen LogP contribution in [0.3, 0.4) is 0 Å². The number of hydrogen-bond donors (Lipinski definition) is 2. The fraction of sp³-hybridized carbons (Fsp3) is 0.111. The van der Waals surface area contributed by atoms with E-state index in [0.29, 0.717) is 17.2 Å². The third-order valence-electron chi connectivity index (χ3n) is 3.79. The van der Waals surface area contributed by atoms with Crippen LogP contribution in [-0.2, 0) is 22.1 Å². The Morgan fingerprint density at radius 2 is 1.73 bits per heavy atom. The van der Waals surface area contributed by atoms with Crippen LogP contribution < -0.4 is 5.73 Å². The van der Waals surface area contributed by atoms with Crippen LogP contribution in [0.25, 0.3) is 10.6 Å². The average molecular weight is 388 g/mol. The van der Waals surface area contributed by atoms with E-state index in [4.69, 9.17) is 10.8 Å². The third kappa shape index (κ3) is 3.98. The first-order chi connectivity index (χ1) is 12.4. The van der Waals surface area contributed by atoms with Gasteiger partial charge < -0.3 is 10.8 Å². The van der Waals surface area contributed by atoms with Crippen LogP contribution in [0.4, 0.5) is 0 Å². The van der Waals surface area contributed by atoms with Gasteiger partial charge >= 0.3 is 5.97 Å². The minimum Gasteiger partial charge on any atom is -0.478 e. The highest BCUT2D eigenvalue weighted by Crippen LogP contribution is 2.26. The number of nitrogens with two attached hydrogens (primary N) is 1. The summed E-state index contributed by atoms with van der Waals surface area (Å²) in [5.41, 5.74) is 7.78. The van der Waals surface area contributed by atoms with Gasteiger partial charge in [-0.3, -0.25) is 0 Å². The molecule has 3 N–H and O–H groups in total. The number of carbonyl (C=O) groups is 1. The first-order valence-corrected chi connectivity index (χ1v) is 10.2. The summed E-state index contributed by atoms with van der Waals surface area (Å²) < 4.78 is 25.1. The number of nitrogens with zero attached hydrogens (tertiary/aromatic N) is 1. The molecule has 134 valence electrons. The Balaban J connectivity index is 1.79. The van der Waals surface area contributed by atoms with E-state index in [1.807, 2.05) is 0 Å². The lowest BCUT2D eigenvalue weighted by atomic mass is 10.1. The van der Waals surface area contributed by atoms with E-state index in [1.54, 1.807) is 41.8 Å². The van der Waals surface area contributed by atoms with Gasteiger partial charge in [-0.05, 0) is 29.8 Å². The van der Waals surface area contributed by atoms with E-state index in [2.05, 4.69) is 4.98 Å². The van der Waals surface area contributed by atoms with E-state index in [-0.39, 0.29) is 16.2 Å². The Morgan fingerprint density at radius 3 is 2.31 bits per heavy atom. The maximum absolute atomic E-state index is 12.5. The summed E-state index contributed by atoms with van der Waals surface area (Å²) >= 11 is 1.32. The number of sulfone groups is 1. The van der Waals surface area contributed by atoms with Crippen molar-refractivity contribution >= 4 is 27.1 Å². The number of aromatic carboxylic acids is 1. The fourth-order valence-corrected chi connectivity index (χ4v) is 4.56. The summed E-state index contributed by atoms with van der Waals surface area (Å²) in [6.07, 6.45) is 0. The Morgan fingerprint density at radius 1 is 1.08 bits per heavy atom. The van der Waals surface area contributed by atoms with Crippen molar-refractivity contribution in [3.8, 4) is 10.6 Å². The largest absolute Gasteiger partial charge is 0.478 e. The Labute approximate surface area is 154 Å². The number of benzene rings is 2. The van der Waals surface area contributed by atoms with Gasteiger partial charge in [-0.25, -0.2) is 18.2 Å². The standard InChI is InChI=1S/C18H16N2O4S2/c19-9-12-1-7-16(8-2-12)26(23,24)11-15-10-25-17(20-15)13-3-5-14(6-4-13)18(21)22/h1-8,10H,9,11,19H2,(H,21,22). The van der Waals surface area contributed by atoms with Gasteiger partial charge in [0.15, 0.2) is 9.84 Å². The molecule has 0 unspecified atom stereocenters. The van der Waals surface area contributed by atoms with E-state index in [0.717, 1.165) is 11.1 Å². The molecule has 0 atom stereocenters. The Kier molecular flexibility index (Phi) is 5.17. The van der Waals surface area contributed by atoms with Gasteiger partial charge in [-0.1, -0.05) is 24.3 Å². The van der Waals surface area contributed by atoms with Crippen molar-refractivity contribution in [1.29, 1.82) is 0 Å². The maximum Gasteiger partial charge on any atom is 0.335 e. The monoisotopic (exact) mass is 388 g/mol. The quantitative estimate of drug-likeness (QED) is 0.672. The number of thiazole rings is 1. The van der Waals surface area contributed by atoms with Crippen molar-refractivity contribution in [3.63, 3.8) is 0 Å². The fourth-order valence-electron chi connectivity index (χ4n) is 2.37. The minimum atomic E-state index is -3.50. The van der Waals surface area contributed by atoms with Gasteiger partial charge in [0.05, 0.1) is 21.9 Å². The lowest BCUT2D eigenvalue weighted by molar-refractivity contribution is 0.0697. The highest BCUT2D eigenvalue weighted by atomic mass is 32.2. The molecular weight excluding hydrogens is 372 g/mol. The molecule has 0 amide bonds.